The molecule has 2 N–H and O–H groups in total. The van der Waals surface area contributed by atoms with E-state index in [0.29, 0.717) is 22.3 Å². The molecule has 0 aromatic heterocycles. The molecule has 0 aliphatic rings. The normalized spacial score (nSPS) is 10.6. The third-order valence-corrected chi connectivity index (χ3v) is 3.04. The second kappa shape index (κ2) is 6.70. The Balaban J connectivity index is 2.57. The van der Waals surface area contributed by atoms with Gasteiger partial charge in [-0.05, 0) is 49.1 Å². The molecule has 0 heterocycles. The summed E-state index contributed by atoms with van der Waals surface area (Å²) in [5, 5.41) is 5.32. The number of benzene rings is 1. The second-order valence-corrected chi connectivity index (χ2v) is 5.07. The lowest BCUT2D eigenvalue weighted by Crippen LogP contribution is -2.34. The van der Waals surface area contributed by atoms with Gasteiger partial charge in [0.15, 0.2) is 0 Å². The molecule has 0 bridgehead atoms. The Morgan fingerprint density at radius 2 is 2.11 bits per heavy atom. The molecule has 6 heteroatoms. The lowest BCUT2D eigenvalue weighted by Gasteiger charge is -2.13. The van der Waals surface area contributed by atoms with Crippen LogP contribution < -0.4 is 10.6 Å². The van der Waals surface area contributed by atoms with Crippen LogP contribution in [0.4, 0.5) is 14.9 Å². The van der Waals surface area contributed by atoms with E-state index >= 15 is 0 Å². The highest BCUT2D eigenvalue weighted by molar-refractivity contribution is 9.10. The summed E-state index contributed by atoms with van der Waals surface area (Å²) in [6.07, 6.45) is 0. The fraction of sp³-hybridized carbons (Fsp3) is 0.417. The zero-order chi connectivity index (χ0) is 13.7. The van der Waals surface area contributed by atoms with Gasteiger partial charge < -0.3 is 15.5 Å². The van der Waals surface area contributed by atoms with Gasteiger partial charge in [0.1, 0.15) is 5.82 Å². The Morgan fingerprint density at radius 1 is 1.44 bits per heavy atom. The topological polar surface area (TPSA) is 44.4 Å². The zero-order valence-corrected chi connectivity index (χ0v) is 12.3. The molecule has 0 saturated heterocycles. The minimum atomic E-state index is -0.360. The molecule has 0 unspecified atom stereocenters. The van der Waals surface area contributed by atoms with E-state index in [1.54, 1.807) is 19.1 Å². The molecule has 0 aliphatic heterocycles. The van der Waals surface area contributed by atoms with Gasteiger partial charge >= 0.3 is 6.03 Å². The van der Waals surface area contributed by atoms with Crippen LogP contribution in [0.25, 0.3) is 0 Å². The molecular formula is C12H17BrFN3O. The smallest absolute Gasteiger partial charge is 0.319 e. The number of halogens is 2. The number of nitrogens with zero attached hydrogens (tertiary/aromatic N) is 1. The fourth-order valence-corrected chi connectivity index (χ4v) is 1.78. The minimum absolute atomic E-state index is 0.332. The van der Waals surface area contributed by atoms with Gasteiger partial charge in [-0.3, -0.25) is 0 Å². The highest BCUT2D eigenvalue weighted by atomic mass is 79.9. The number of rotatable bonds is 4. The lowest BCUT2D eigenvalue weighted by molar-refractivity contribution is 0.250. The maximum absolute atomic E-state index is 13.6. The van der Waals surface area contributed by atoms with Crippen molar-refractivity contribution in [2.24, 2.45) is 0 Å². The van der Waals surface area contributed by atoms with Crippen LogP contribution in [0, 0.1) is 12.7 Å². The van der Waals surface area contributed by atoms with Crippen LogP contribution in [0.1, 0.15) is 5.56 Å². The average Bonchev–Trinajstić information content (AvgIpc) is 2.29. The standard InChI is InChI=1S/C12H17BrFN3O/c1-8-10(5-4-9(13)11(8)14)16-12(18)15-6-7-17(2)3/h4-5H,6-7H2,1-3H3,(H2,15,16,18). The number of nitrogens with one attached hydrogen (secondary N) is 2. The number of likely N-dealkylation sites (N-methyl/N-ethyl adjacent to an activating group) is 1. The Morgan fingerprint density at radius 3 is 2.72 bits per heavy atom. The Bertz CT molecular complexity index is 438. The molecule has 0 fully saturated rings. The first-order valence-electron chi connectivity index (χ1n) is 5.56. The van der Waals surface area contributed by atoms with Crippen molar-refractivity contribution < 1.29 is 9.18 Å². The molecule has 0 spiro atoms. The number of carbonyl (C=O) groups is 1. The van der Waals surface area contributed by atoms with Crippen LogP contribution in [-0.4, -0.2) is 38.1 Å². The van der Waals surface area contributed by atoms with Crippen LogP contribution in [0.5, 0.6) is 0 Å². The van der Waals surface area contributed by atoms with E-state index in [9.17, 15) is 9.18 Å². The van der Waals surface area contributed by atoms with Crippen molar-refractivity contribution in [3.8, 4) is 0 Å². The maximum Gasteiger partial charge on any atom is 0.319 e. The van der Waals surface area contributed by atoms with E-state index < -0.39 is 0 Å². The molecule has 0 aliphatic carbocycles. The molecule has 1 aromatic rings. The van der Waals surface area contributed by atoms with E-state index in [-0.39, 0.29) is 11.8 Å². The zero-order valence-electron chi connectivity index (χ0n) is 10.7. The predicted molar refractivity (Wildman–Crippen MR) is 74.4 cm³/mol. The first kappa shape index (κ1) is 14.9. The van der Waals surface area contributed by atoms with Gasteiger partial charge in [0.2, 0.25) is 0 Å². The number of anilines is 1. The lowest BCUT2D eigenvalue weighted by atomic mass is 10.2. The summed E-state index contributed by atoms with van der Waals surface area (Å²) in [7, 11) is 3.85. The molecule has 100 valence electrons. The molecule has 0 radical (unpaired) electrons. The second-order valence-electron chi connectivity index (χ2n) is 4.22. The molecule has 0 saturated carbocycles. The van der Waals surface area contributed by atoms with Crippen molar-refractivity contribution in [2.75, 3.05) is 32.5 Å². The van der Waals surface area contributed by atoms with E-state index in [0.717, 1.165) is 6.54 Å². The maximum atomic E-state index is 13.6. The minimum Gasteiger partial charge on any atom is -0.337 e. The quantitative estimate of drug-likeness (QED) is 0.896. The molecule has 1 aromatic carbocycles. The van der Waals surface area contributed by atoms with Gasteiger partial charge in [0.25, 0.3) is 0 Å². The molecule has 18 heavy (non-hydrogen) atoms. The first-order valence-corrected chi connectivity index (χ1v) is 6.35. The monoisotopic (exact) mass is 317 g/mol. The average molecular weight is 318 g/mol. The van der Waals surface area contributed by atoms with Crippen molar-refractivity contribution >= 4 is 27.6 Å². The van der Waals surface area contributed by atoms with Crippen LogP contribution >= 0.6 is 15.9 Å². The molecule has 1 rings (SSSR count). The van der Waals surface area contributed by atoms with Gasteiger partial charge in [0.05, 0.1) is 4.47 Å². The van der Waals surface area contributed by atoms with Crippen LogP contribution in [0.2, 0.25) is 0 Å². The predicted octanol–water partition coefficient (Wildman–Crippen LogP) is 2.58. The van der Waals surface area contributed by atoms with E-state index in [1.165, 1.54) is 0 Å². The SMILES string of the molecule is Cc1c(NC(=O)NCCN(C)C)ccc(Br)c1F. The largest absolute Gasteiger partial charge is 0.337 e. The number of amides is 2. The van der Waals surface area contributed by atoms with Crippen molar-refractivity contribution in [1.29, 1.82) is 0 Å². The summed E-state index contributed by atoms with van der Waals surface area (Å²) in [5.41, 5.74) is 0.880. The Kier molecular flexibility index (Phi) is 5.55. The van der Waals surface area contributed by atoms with Crippen molar-refractivity contribution in [1.82, 2.24) is 10.2 Å². The van der Waals surface area contributed by atoms with E-state index in [1.807, 2.05) is 19.0 Å². The summed E-state index contributed by atoms with van der Waals surface area (Å²) in [4.78, 5) is 13.5. The van der Waals surface area contributed by atoms with Crippen molar-refractivity contribution in [2.45, 2.75) is 6.92 Å². The summed E-state index contributed by atoms with van der Waals surface area (Å²) < 4.78 is 14.0. The Labute approximate surface area is 115 Å². The van der Waals surface area contributed by atoms with Crippen molar-refractivity contribution in [3.63, 3.8) is 0 Å². The number of hydrogen-bond acceptors (Lipinski definition) is 2. The molecular weight excluding hydrogens is 301 g/mol. The highest BCUT2D eigenvalue weighted by Crippen LogP contribution is 2.24. The Hall–Kier alpha value is -1.14. The van der Waals surface area contributed by atoms with Crippen LogP contribution in [-0.2, 0) is 0 Å². The summed E-state index contributed by atoms with van der Waals surface area (Å²) in [6.45, 7) is 2.91. The number of urea groups is 1. The van der Waals surface area contributed by atoms with Gasteiger partial charge in [-0.25, -0.2) is 9.18 Å². The van der Waals surface area contributed by atoms with E-state index in [2.05, 4.69) is 26.6 Å². The highest BCUT2D eigenvalue weighted by Gasteiger charge is 2.10. The summed E-state index contributed by atoms with van der Waals surface area (Å²) in [5.74, 6) is -0.360. The van der Waals surface area contributed by atoms with Gasteiger partial charge in [-0.2, -0.15) is 0 Å². The number of carbonyl (C=O) groups excluding carboxylic acids is 1. The molecule has 0 atom stereocenters. The molecule has 2 amide bonds. The summed E-state index contributed by atoms with van der Waals surface area (Å²) >= 11 is 3.10. The number of hydrogen-bond donors (Lipinski definition) is 2. The van der Waals surface area contributed by atoms with Gasteiger partial charge in [-0.15, -0.1) is 0 Å². The fourth-order valence-electron chi connectivity index (χ4n) is 1.35. The summed E-state index contributed by atoms with van der Waals surface area (Å²) in [6, 6.07) is 2.90. The third kappa shape index (κ3) is 4.27. The third-order valence-electron chi connectivity index (χ3n) is 2.43. The first-order chi connectivity index (χ1) is 8.41. The van der Waals surface area contributed by atoms with Gasteiger partial charge in [-0.1, -0.05) is 0 Å². The van der Waals surface area contributed by atoms with Crippen LogP contribution in [0.3, 0.4) is 0 Å². The van der Waals surface area contributed by atoms with Crippen molar-refractivity contribution in [3.05, 3.63) is 28.0 Å². The van der Waals surface area contributed by atoms with Crippen LogP contribution in [0.15, 0.2) is 16.6 Å². The molecule has 4 nitrogen and oxygen atoms in total. The van der Waals surface area contributed by atoms with Gasteiger partial charge in [0, 0.05) is 24.3 Å². The van der Waals surface area contributed by atoms with E-state index in [4.69, 9.17) is 0 Å².